The Morgan fingerprint density at radius 2 is 1.82 bits per heavy atom. The van der Waals surface area contributed by atoms with E-state index in [4.69, 9.17) is 27.9 Å². The maximum atomic E-state index is 12.1. The van der Waals surface area contributed by atoms with Crippen LogP contribution in [0.5, 0.6) is 5.75 Å². The minimum Gasteiger partial charge on any atom is -0.489 e. The fraction of sp³-hybridized carbons (Fsp3) is 0.0800. The minimum atomic E-state index is -0.204. The van der Waals surface area contributed by atoms with Crippen LogP contribution in [0.15, 0.2) is 87.6 Å². The van der Waals surface area contributed by atoms with Gasteiger partial charge in [-0.2, -0.15) is 5.10 Å². The number of nitrogens with one attached hydrogen (secondary N) is 1. The maximum Gasteiger partial charge on any atom is 0.250 e. The highest BCUT2D eigenvalue weighted by molar-refractivity contribution is 8.01. The van der Waals surface area contributed by atoms with Crippen molar-refractivity contribution >= 4 is 58.4 Å². The van der Waals surface area contributed by atoms with Gasteiger partial charge in [0, 0.05) is 26.6 Å². The van der Waals surface area contributed by atoms with Crippen LogP contribution in [0, 0.1) is 0 Å². The third-order valence-corrected chi connectivity index (χ3v) is 7.23. The number of ether oxygens (including phenoxy) is 1. The van der Waals surface area contributed by atoms with Gasteiger partial charge in [-0.3, -0.25) is 4.79 Å². The lowest BCUT2D eigenvalue weighted by Crippen LogP contribution is -2.19. The predicted molar refractivity (Wildman–Crippen MR) is 141 cm³/mol. The van der Waals surface area contributed by atoms with E-state index in [1.807, 2.05) is 78.2 Å². The number of carbonyl (C=O) groups is 1. The summed E-state index contributed by atoms with van der Waals surface area (Å²) < 4.78 is 6.58. The fourth-order valence-corrected chi connectivity index (χ4v) is 4.79. The number of thiazole rings is 1. The van der Waals surface area contributed by atoms with Gasteiger partial charge in [-0.25, -0.2) is 10.4 Å². The summed E-state index contributed by atoms with van der Waals surface area (Å²) in [5.74, 6) is 0.739. The zero-order valence-electron chi connectivity index (χ0n) is 17.8. The molecule has 1 heterocycles. The molecular formula is C25H19Cl2N3O2S2. The van der Waals surface area contributed by atoms with Crippen molar-refractivity contribution < 1.29 is 9.53 Å². The second-order valence-electron chi connectivity index (χ2n) is 7.04. The molecule has 1 N–H and O–H groups in total. The molecule has 4 rings (SSSR count). The lowest BCUT2D eigenvalue weighted by Gasteiger charge is -2.07. The molecule has 0 atom stereocenters. The van der Waals surface area contributed by atoms with Crippen molar-refractivity contribution in [3.63, 3.8) is 0 Å². The van der Waals surface area contributed by atoms with Crippen molar-refractivity contribution in [1.29, 1.82) is 0 Å². The first kappa shape index (κ1) is 24.3. The molecule has 0 spiro atoms. The highest BCUT2D eigenvalue weighted by Crippen LogP contribution is 2.28. The number of halogens is 2. The van der Waals surface area contributed by atoms with Gasteiger partial charge in [-0.15, -0.1) is 11.3 Å². The largest absolute Gasteiger partial charge is 0.489 e. The molecule has 0 unspecified atom stereocenters. The molecule has 0 aliphatic rings. The molecule has 0 saturated heterocycles. The maximum absolute atomic E-state index is 12.1. The number of amides is 1. The number of thioether (sulfide) groups is 1. The Balaban J connectivity index is 1.21. The third-order valence-electron chi connectivity index (χ3n) is 4.58. The molecule has 1 amide bonds. The summed E-state index contributed by atoms with van der Waals surface area (Å²) in [6.45, 7) is 0.390. The van der Waals surface area contributed by atoms with Crippen LogP contribution >= 0.6 is 46.3 Å². The van der Waals surface area contributed by atoms with E-state index in [-0.39, 0.29) is 11.7 Å². The quantitative estimate of drug-likeness (QED) is 0.145. The molecule has 0 bridgehead atoms. The van der Waals surface area contributed by atoms with Crippen LogP contribution in [0.3, 0.4) is 0 Å². The summed E-state index contributed by atoms with van der Waals surface area (Å²) in [6, 6.07) is 22.5. The minimum absolute atomic E-state index is 0.204. The van der Waals surface area contributed by atoms with Gasteiger partial charge >= 0.3 is 0 Å². The normalized spacial score (nSPS) is 11.0. The highest BCUT2D eigenvalue weighted by atomic mass is 35.5. The summed E-state index contributed by atoms with van der Waals surface area (Å²) in [6.07, 6.45) is 1.59. The van der Waals surface area contributed by atoms with Gasteiger partial charge in [0.2, 0.25) is 0 Å². The number of nitrogens with zero attached hydrogens (tertiary/aromatic N) is 2. The Hall–Kier alpha value is -2.84. The Morgan fingerprint density at radius 1 is 1.06 bits per heavy atom. The molecule has 172 valence electrons. The molecule has 0 saturated carbocycles. The van der Waals surface area contributed by atoms with Crippen molar-refractivity contribution in [3.05, 3.63) is 99.3 Å². The van der Waals surface area contributed by atoms with Crippen LogP contribution in [0.1, 0.15) is 11.1 Å². The Labute approximate surface area is 215 Å². The van der Waals surface area contributed by atoms with Crippen LogP contribution in [0.4, 0.5) is 0 Å². The number of benzene rings is 3. The van der Waals surface area contributed by atoms with Gasteiger partial charge < -0.3 is 4.74 Å². The first-order valence-corrected chi connectivity index (χ1v) is 12.8. The number of hydrogen-bond donors (Lipinski definition) is 1. The van der Waals surface area contributed by atoms with Gasteiger partial charge in [0.15, 0.2) is 4.34 Å². The average molecular weight is 528 g/mol. The molecule has 3 aromatic carbocycles. The molecule has 1 aromatic heterocycles. The van der Waals surface area contributed by atoms with Gasteiger partial charge in [-0.05, 0) is 48.0 Å². The summed E-state index contributed by atoms with van der Waals surface area (Å²) in [5.41, 5.74) is 6.15. The molecule has 0 aliphatic carbocycles. The van der Waals surface area contributed by atoms with Crippen molar-refractivity contribution in [2.45, 2.75) is 10.9 Å². The van der Waals surface area contributed by atoms with Crippen molar-refractivity contribution in [2.24, 2.45) is 5.10 Å². The van der Waals surface area contributed by atoms with Crippen molar-refractivity contribution in [1.82, 2.24) is 10.4 Å². The smallest absolute Gasteiger partial charge is 0.250 e. The lowest BCUT2D eigenvalue weighted by atomic mass is 10.2. The van der Waals surface area contributed by atoms with Crippen LogP contribution in [-0.4, -0.2) is 22.9 Å². The fourth-order valence-electron chi connectivity index (χ4n) is 2.84. The lowest BCUT2D eigenvalue weighted by molar-refractivity contribution is -0.118. The summed E-state index contributed by atoms with van der Waals surface area (Å²) >= 11 is 14.9. The van der Waals surface area contributed by atoms with E-state index < -0.39 is 0 Å². The van der Waals surface area contributed by atoms with Crippen LogP contribution in [0.2, 0.25) is 10.0 Å². The van der Waals surface area contributed by atoms with E-state index in [1.54, 1.807) is 6.21 Å². The first-order chi connectivity index (χ1) is 16.6. The Kier molecular flexibility index (Phi) is 8.60. The van der Waals surface area contributed by atoms with Crippen LogP contribution in [0.25, 0.3) is 11.3 Å². The summed E-state index contributed by atoms with van der Waals surface area (Å²) in [5, 5.41) is 7.35. The van der Waals surface area contributed by atoms with E-state index >= 15 is 0 Å². The third kappa shape index (κ3) is 7.08. The SMILES string of the molecule is O=C(CSc1nc(-c2ccc(Cl)cc2)cs1)N/N=C/c1ccc(OCc2ccccc2Cl)cc1. The molecule has 0 radical (unpaired) electrons. The van der Waals surface area contributed by atoms with Crippen LogP contribution < -0.4 is 10.2 Å². The molecule has 9 heteroatoms. The number of hydrazone groups is 1. The van der Waals surface area contributed by atoms with Crippen molar-refractivity contribution in [2.75, 3.05) is 5.75 Å². The Morgan fingerprint density at radius 3 is 2.59 bits per heavy atom. The summed E-state index contributed by atoms with van der Waals surface area (Å²) in [7, 11) is 0. The van der Waals surface area contributed by atoms with E-state index in [9.17, 15) is 4.79 Å². The molecule has 0 aliphatic heterocycles. The standard InChI is InChI=1S/C25H19Cl2N3O2S2/c26-20-9-7-18(8-10-20)23-15-33-25(29-23)34-16-24(31)30-28-13-17-5-11-21(12-6-17)32-14-19-3-1-2-4-22(19)27/h1-13,15H,14,16H2,(H,30,31)/b28-13+. The van der Waals surface area contributed by atoms with E-state index in [0.717, 1.165) is 32.5 Å². The molecule has 34 heavy (non-hydrogen) atoms. The number of rotatable bonds is 9. The molecule has 4 aromatic rings. The number of aromatic nitrogens is 1. The second kappa shape index (κ2) is 12.0. The van der Waals surface area contributed by atoms with E-state index in [0.29, 0.717) is 16.7 Å². The predicted octanol–water partition coefficient (Wildman–Crippen LogP) is 6.94. The van der Waals surface area contributed by atoms with E-state index in [1.165, 1.54) is 23.1 Å². The van der Waals surface area contributed by atoms with Gasteiger partial charge in [0.05, 0.1) is 17.7 Å². The van der Waals surface area contributed by atoms with Gasteiger partial charge in [0.1, 0.15) is 12.4 Å². The topological polar surface area (TPSA) is 63.6 Å². The molecular weight excluding hydrogens is 509 g/mol. The molecule has 0 fully saturated rings. The second-order valence-corrected chi connectivity index (χ2v) is 9.96. The molecule has 5 nitrogen and oxygen atoms in total. The number of hydrogen-bond acceptors (Lipinski definition) is 6. The Bertz CT molecular complexity index is 1280. The zero-order chi connectivity index (χ0) is 23.8. The van der Waals surface area contributed by atoms with Gasteiger partial charge in [-0.1, -0.05) is 65.3 Å². The van der Waals surface area contributed by atoms with Crippen molar-refractivity contribution in [3.8, 4) is 17.0 Å². The van der Waals surface area contributed by atoms with Crippen LogP contribution in [-0.2, 0) is 11.4 Å². The monoisotopic (exact) mass is 527 g/mol. The highest BCUT2D eigenvalue weighted by Gasteiger charge is 2.08. The van der Waals surface area contributed by atoms with Gasteiger partial charge in [0.25, 0.3) is 5.91 Å². The summed E-state index contributed by atoms with van der Waals surface area (Å²) in [4.78, 5) is 16.7. The zero-order valence-corrected chi connectivity index (χ0v) is 20.9. The average Bonchev–Trinajstić information content (AvgIpc) is 3.33. The number of carbonyl (C=O) groups excluding carboxylic acids is 1. The van der Waals surface area contributed by atoms with E-state index in [2.05, 4.69) is 15.5 Å². The first-order valence-electron chi connectivity index (χ1n) is 10.2.